The van der Waals surface area contributed by atoms with Gasteiger partial charge in [0.05, 0.1) is 6.61 Å². The highest BCUT2D eigenvalue weighted by molar-refractivity contribution is 5.85. The SMILES string of the molecule is CCOC(=O)c1ncnn1C. The van der Waals surface area contributed by atoms with Crippen LogP contribution in [-0.2, 0) is 11.8 Å². The van der Waals surface area contributed by atoms with Gasteiger partial charge >= 0.3 is 5.97 Å². The van der Waals surface area contributed by atoms with Gasteiger partial charge in [0.15, 0.2) is 0 Å². The van der Waals surface area contributed by atoms with Crippen molar-refractivity contribution in [2.75, 3.05) is 6.61 Å². The predicted octanol–water partition coefficient (Wildman–Crippen LogP) is -0.00820. The Morgan fingerprint density at radius 1 is 1.82 bits per heavy atom. The van der Waals surface area contributed by atoms with Crippen molar-refractivity contribution in [3.63, 3.8) is 0 Å². The van der Waals surface area contributed by atoms with E-state index in [-0.39, 0.29) is 5.82 Å². The Morgan fingerprint density at radius 2 is 2.55 bits per heavy atom. The van der Waals surface area contributed by atoms with E-state index in [1.807, 2.05) is 0 Å². The molecule has 1 heterocycles. The molecule has 5 nitrogen and oxygen atoms in total. The molecule has 0 amide bonds. The molecule has 5 heteroatoms. The van der Waals surface area contributed by atoms with Crippen LogP contribution in [0.1, 0.15) is 17.5 Å². The third-order valence-electron chi connectivity index (χ3n) is 1.17. The van der Waals surface area contributed by atoms with Crippen LogP contribution < -0.4 is 0 Å². The van der Waals surface area contributed by atoms with Gasteiger partial charge in [0, 0.05) is 7.05 Å². The molecule has 0 saturated heterocycles. The van der Waals surface area contributed by atoms with Gasteiger partial charge in [-0.1, -0.05) is 0 Å². The summed E-state index contributed by atoms with van der Waals surface area (Å²) in [6.07, 6.45) is 1.31. The minimum Gasteiger partial charge on any atom is -0.460 e. The van der Waals surface area contributed by atoms with Gasteiger partial charge in [-0.3, -0.25) is 0 Å². The summed E-state index contributed by atoms with van der Waals surface area (Å²) in [6.45, 7) is 2.10. The van der Waals surface area contributed by atoms with E-state index in [4.69, 9.17) is 4.74 Å². The minimum absolute atomic E-state index is 0.229. The number of rotatable bonds is 2. The van der Waals surface area contributed by atoms with Crippen molar-refractivity contribution >= 4 is 5.97 Å². The predicted molar refractivity (Wildman–Crippen MR) is 37.0 cm³/mol. The molecule has 0 fully saturated rings. The number of carbonyl (C=O) groups excluding carboxylic acids is 1. The fourth-order valence-electron chi connectivity index (χ4n) is 0.677. The molecule has 0 aliphatic carbocycles. The summed E-state index contributed by atoms with van der Waals surface area (Å²) in [7, 11) is 1.64. The molecule has 0 bridgehead atoms. The highest BCUT2D eigenvalue weighted by Gasteiger charge is 2.11. The largest absolute Gasteiger partial charge is 0.460 e. The summed E-state index contributed by atoms with van der Waals surface area (Å²) >= 11 is 0. The monoisotopic (exact) mass is 155 g/mol. The van der Waals surface area contributed by atoms with Crippen molar-refractivity contribution in [3.8, 4) is 0 Å². The van der Waals surface area contributed by atoms with Gasteiger partial charge in [0.1, 0.15) is 6.33 Å². The standard InChI is InChI=1S/C6H9N3O2/c1-3-11-6(10)5-7-4-8-9(5)2/h4H,3H2,1-2H3. The average Bonchev–Trinajstić information content (AvgIpc) is 2.36. The van der Waals surface area contributed by atoms with Crippen molar-refractivity contribution in [1.29, 1.82) is 0 Å². The molecule has 0 N–H and O–H groups in total. The first-order valence-corrected chi connectivity index (χ1v) is 3.26. The smallest absolute Gasteiger partial charge is 0.376 e. The molecule has 0 spiro atoms. The van der Waals surface area contributed by atoms with Gasteiger partial charge in [-0.15, -0.1) is 0 Å². The zero-order valence-corrected chi connectivity index (χ0v) is 6.44. The molecule has 1 aromatic rings. The first kappa shape index (κ1) is 7.71. The van der Waals surface area contributed by atoms with Gasteiger partial charge in [0.2, 0.25) is 5.82 Å². The minimum atomic E-state index is -0.438. The fourth-order valence-corrected chi connectivity index (χ4v) is 0.677. The zero-order chi connectivity index (χ0) is 8.27. The molecule has 0 radical (unpaired) electrons. The van der Waals surface area contributed by atoms with E-state index in [0.29, 0.717) is 6.61 Å². The Labute approximate surface area is 64.0 Å². The maximum absolute atomic E-state index is 11.0. The summed E-state index contributed by atoms with van der Waals surface area (Å²) in [6, 6.07) is 0. The van der Waals surface area contributed by atoms with Gasteiger partial charge < -0.3 is 4.74 Å². The number of hydrogen-bond donors (Lipinski definition) is 0. The van der Waals surface area contributed by atoms with Gasteiger partial charge in [-0.25, -0.2) is 14.5 Å². The Bertz CT molecular complexity index is 256. The summed E-state index contributed by atoms with van der Waals surface area (Å²) in [4.78, 5) is 14.7. The van der Waals surface area contributed by atoms with Crippen molar-refractivity contribution in [1.82, 2.24) is 14.8 Å². The van der Waals surface area contributed by atoms with Crippen molar-refractivity contribution in [3.05, 3.63) is 12.2 Å². The van der Waals surface area contributed by atoms with Crippen LogP contribution in [0.3, 0.4) is 0 Å². The normalized spacial score (nSPS) is 9.64. The van der Waals surface area contributed by atoms with Crippen molar-refractivity contribution < 1.29 is 9.53 Å². The van der Waals surface area contributed by atoms with E-state index in [2.05, 4.69) is 10.1 Å². The number of ether oxygens (including phenoxy) is 1. The van der Waals surface area contributed by atoms with E-state index >= 15 is 0 Å². The van der Waals surface area contributed by atoms with Crippen molar-refractivity contribution in [2.45, 2.75) is 6.92 Å². The molecule has 0 aromatic carbocycles. The number of nitrogens with zero attached hydrogens (tertiary/aromatic N) is 3. The number of carbonyl (C=O) groups is 1. The van der Waals surface area contributed by atoms with Gasteiger partial charge in [-0.2, -0.15) is 5.10 Å². The molecule has 0 unspecified atom stereocenters. The van der Waals surface area contributed by atoms with E-state index in [1.54, 1.807) is 14.0 Å². The maximum Gasteiger partial charge on any atom is 0.376 e. The van der Waals surface area contributed by atoms with Gasteiger partial charge in [0.25, 0.3) is 0 Å². The highest BCUT2D eigenvalue weighted by Crippen LogP contribution is 1.93. The van der Waals surface area contributed by atoms with Crippen LogP contribution in [0.25, 0.3) is 0 Å². The van der Waals surface area contributed by atoms with Crippen LogP contribution in [0.15, 0.2) is 6.33 Å². The lowest BCUT2D eigenvalue weighted by Crippen LogP contribution is -2.11. The third kappa shape index (κ3) is 1.54. The second-order valence-electron chi connectivity index (χ2n) is 1.93. The summed E-state index contributed by atoms with van der Waals surface area (Å²) in [5.41, 5.74) is 0. The molecular formula is C6H9N3O2. The fraction of sp³-hybridized carbons (Fsp3) is 0.500. The van der Waals surface area contributed by atoms with E-state index in [9.17, 15) is 4.79 Å². The molecule has 0 atom stereocenters. The number of aryl methyl sites for hydroxylation is 1. The van der Waals surface area contributed by atoms with Crippen LogP contribution in [0.5, 0.6) is 0 Å². The van der Waals surface area contributed by atoms with E-state index in [1.165, 1.54) is 11.0 Å². The molecule has 0 aliphatic rings. The van der Waals surface area contributed by atoms with E-state index in [0.717, 1.165) is 0 Å². The first-order valence-electron chi connectivity index (χ1n) is 3.26. The lowest BCUT2D eigenvalue weighted by atomic mass is 10.6. The number of esters is 1. The molecule has 1 rings (SSSR count). The number of aromatic nitrogens is 3. The van der Waals surface area contributed by atoms with Crippen LogP contribution in [0.2, 0.25) is 0 Å². The molecule has 11 heavy (non-hydrogen) atoms. The lowest BCUT2D eigenvalue weighted by molar-refractivity contribution is 0.0506. The Hall–Kier alpha value is -1.39. The quantitative estimate of drug-likeness (QED) is 0.564. The van der Waals surface area contributed by atoms with Crippen molar-refractivity contribution in [2.24, 2.45) is 7.05 Å². The lowest BCUT2D eigenvalue weighted by Gasteiger charge is -1.98. The molecular weight excluding hydrogens is 146 g/mol. The average molecular weight is 155 g/mol. The van der Waals surface area contributed by atoms with Crippen LogP contribution >= 0.6 is 0 Å². The summed E-state index contributed by atoms with van der Waals surface area (Å²) in [5.74, 6) is -0.209. The maximum atomic E-state index is 11.0. The topological polar surface area (TPSA) is 57.0 Å². The van der Waals surface area contributed by atoms with Gasteiger partial charge in [-0.05, 0) is 6.92 Å². The summed E-state index contributed by atoms with van der Waals surface area (Å²) in [5, 5.41) is 3.72. The first-order chi connectivity index (χ1) is 5.25. The zero-order valence-electron chi connectivity index (χ0n) is 6.44. The van der Waals surface area contributed by atoms with E-state index < -0.39 is 5.97 Å². The van der Waals surface area contributed by atoms with Crippen LogP contribution in [0, 0.1) is 0 Å². The Kier molecular flexibility index (Phi) is 2.20. The third-order valence-corrected chi connectivity index (χ3v) is 1.17. The summed E-state index contributed by atoms with van der Waals surface area (Å²) < 4.78 is 6.08. The molecule has 0 aliphatic heterocycles. The molecule has 0 saturated carbocycles. The second kappa shape index (κ2) is 3.14. The highest BCUT2D eigenvalue weighted by atomic mass is 16.5. The molecule has 1 aromatic heterocycles. The Morgan fingerprint density at radius 3 is 3.00 bits per heavy atom. The number of hydrogen-bond acceptors (Lipinski definition) is 4. The Balaban J connectivity index is 2.76. The van der Waals surface area contributed by atoms with Crippen LogP contribution in [0.4, 0.5) is 0 Å². The second-order valence-corrected chi connectivity index (χ2v) is 1.93. The molecule has 60 valence electrons. The van der Waals surface area contributed by atoms with Crippen LogP contribution in [-0.4, -0.2) is 27.3 Å².